The number of rotatable bonds is 5. The molecule has 0 spiro atoms. The van der Waals surface area contributed by atoms with Gasteiger partial charge in [-0.3, -0.25) is 9.59 Å². The summed E-state index contributed by atoms with van der Waals surface area (Å²) in [6.45, 7) is 3.08. The van der Waals surface area contributed by atoms with Crippen LogP contribution in [0.5, 0.6) is 0 Å². The normalized spacial score (nSPS) is 16.3. The molecule has 132 valence electrons. The fraction of sp³-hybridized carbons (Fsp3) is 0.368. The van der Waals surface area contributed by atoms with E-state index in [-0.39, 0.29) is 17.6 Å². The van der Waals surface area contributed by atoms with Crippen molar-refractivity contribution < 1.29 is 14.0 Å². The van der Waals surface area contributed by atoms with E-state index in [4.69, 9.17) is 4.42 Å². The number of carbonyl (C=O) groups is 2. The number of nitrogens with one attached hydrogen (secondary N) is 2. The van der Waals surface area contributed by atoms with Gasteiger partial charge in [-0.25, -0.2) is 0 Å². The molecule has 0 bridgehead atoms. The largest absolute Gasteiger partial charge is 0.459 e. The quantitative estimate of drug-likeness (QED) is 0.876. The van der Waals surface area contributed by atoms with E-state index in [0.717, 1.165) is 18.5 Å². The summed E-state index contributed by atoms with van der Waals surface area (Å²) in [4.78, 5) is 26.3. The predicted octanol–water partition coefficient (Wildman–Crippen LogP) is 2.50. The zero-order valence-corrected chi connectivity index (χ0v) is 14.3. The van der Waals surface area contributed by atoms with Crippen molar-refractivity contribution in [3.05, 3.63) is 54.5 Å². The van der Waals surface area contributed by atoms with Crippen LogP contribution in [-0.2, 0) is 4.79 Å². The van der Waals surface area contributed by atoms with Gasteiger partial charge in [0.25, 0.3) is 5.91 Å². The van der Waals surface area contributed by atoms with Crippen molar-refractivity contribution in [1.82, 2.24) is 10.2 Å². The number of piperidine rings is 1. The van der Waals surface area contributed by atoms with Crippen molar-refractivity contribution in [2.24, 2.45) is 0 Å². The third kappa shape index (κ3) is 4.41. The van der Waals surface area contributed by atoms with Crippen LogP contribution in [0, 0.1) is 0 Å². The minimum atomic E-state index is -0.573. The van der Waals surface area contributed by atoms with Crippen molar-refractivity contribution in [1.29, 1.82) is 0 Å². The van der Waals surface area contributed by atoms with Gasteiger partial charge >= 0.3 is 0 Å². The Bertz CT molecular complexity index is 692. The summed E-state index contributed by atoms with van der Waals surface area (Å²) in [5.74, 6) is -0.213. The minimum absolute atomic E-state index is 0.0573. The number of likely N-dealkylation sites (tertiary alicyclic amines) is 1. The SMILES string of the molecule is C[C@H](NC(=O)c1ccco1)C(=O)N1CCC(Nc2ccccc2)CC1. The molecule has 1 saturated heterocycles. The Morgan fingerprint density at radius 3 is 2.48 bits per heavy atom. The maximum absolute atomic E-state index is 12.5. The highest BCUT2D eigenvalue weighted by atomic mass is 16.3. The Morgan fingerprint density at radius 2 is 1.84 bits per heavy atom. The summed E-state index contributed by atoms with van der Waals surface area (Å²) in [5.41, 5.74) is 1.10. The minimum Gasteiger partial charge on any atom is -0.459 e. The monoisotopic (exact) mass is 341 g/mol. The molecule has 1 atom stereocenters. The van der Waals surface area contributed by atoms with Gasteiger partial charge in [0.2, 0.25) is 5.91 Å². The molecule has 3 rings (SSSR count). The highest BCUT2D eigenvalue weighted by molar-refractivity contribution is 5.95. The average Bonchev–Trinajstić information content (AvgIpc) is 3.17. The smallest absolute Gasteiger partial charge is 0.287 e. The molecule has 2 N–H and O–H groups in total. The number of para-hydroxylation sites is 1. The molecule has 0 radical (unpaired) electrons. The molecule has 2 heterocycles. The maximum Gasteiger partial charge on any atom is 0.287 e. The second kappa shape index (κ2) is 7.88. The van der Waals surface area contributed by atoms with Crippen LogP contribution in [0.4, 0.5) is 5.69 Å². The van der Waals surface area contributed by atoms with Crippen molar-refractivity contribution >= 4 is 17.5 Å². The second-order valence-corrected chi connectivity index (χ2v) is 6.28. The van der Waals surface area contributed by atoms with Crippen molar-refractivity contribution in [2.75, 3.05) is 18.4 Å². The number of amides is 2. The van der Waals surface area contributed by atoms with Gasteiger partial charge in [0.15, 0.2) is 5.76 Å². The molecule has 6 heteroatoms. The van der Waals surface area contributed by atoms with E-state index in [1.54, 1.807) is 19.1 Å². The summed E-state index contributed by atoms with van der Waals surface area (Å²) in [5, 5.41) is 6.19. The molecule has 0 saturated carbocycles. The van der Waals surface area contributed by atoms with E-state index in [1.165, 1.54) is 6.26 Å². The number of nitrogens with zero attached hydrogens (tertiary/aromatic N) is 1. The molecule has 0 aliphatic carbocycles. The Morgan fingerprint density at radius 1 is 1.12 bits per heavy atom. The Labute approximate surface area is 147 Å². The Kier molecular flexibility index (Phi) is 5.38. The van der Waals surface area contributed by atoms with Gasteiger partial charge < -0.3 is 20.0 Å². The van der Waals surface area contributed by atoms with Gasteiger partial charge in [-0.2, -0.15) is 0 Å². The fourth-order valence-electron chi connectivity index (χ4n) is 3.03. The predicted molar refractivity (Wildman–Crippen MR) is 95.3 cm³/mol. The van der Waals surface area contributed by atoms with Crippen LogP contribution in [-0.4, -0.2) is 41.9 Å². The van der Waals surface area contributed by atoms with Crippen LogP contribution in [0.25, 0.3) is 0 Å². The first kappa shape index (κ1) is 17.1. The van der Waals surface area contributed by atoms with E-state index >= 15 is 0 Å². The molecule has 1 aliphatic heterocycles. The Hall–Kier alpha value is -2.76. The number of hydrogen-bond donors (Lipinski definition) is 2. The zero-order valence-electron chi connectivity index (χ0n) is 14.3. The first-order valence-electron chi connectivity index (χ1n) is 8.58. The lowest BCUT2D eigenvalue weighted by Crippen LogP contribution is -2.50. The molecule has 25 heavy (non-hydrogen) atoms. The molecule has 1 aliphatic rings. The molecule has 1 fully saturated rings. The summed E-state index contributed by atoms with van der Waals surface area (Å²) >= 11 is 0. The maximum atomic E-state index is 12.5. The Balaban J connectivity index is 1.47. The topological polar surface area (TPSA) is 74.6 Å². The second-order valence-electron chi connectivity index (χ2n) is 6.28. The molecule has 1 aromatic carbocycles. The first-order chi connectivity index (χ1) is 12.1. The average molecular weight is 341 g/mol. The van der Waals surface area contributed by atoms with E-state index < -0.39 is 6.04 Å². The fourth-order valence-corrected chi connectivity index (χ4v) is 3.03. The molecule has 2 amide bonds. The van der Waals surface area contributed by atoms with Gasteiger partial charge in [0.1, 0.15) is 6.04 Å². The lowest BCUT2D eigenvalue weighted by molar-refractivity contribution is -0.133. The highest BCUT2D eigenvalue weighted by Gasteiger charge is 2.27. The van der Waals surface area contributed by atoms with Gasteiger partial charge in [-0.1, -0.05) is 18.2 Å². The summed E-state index contributed by atoms with van der Waals surface area (Å²) in [6.07, 6.45) is 3.21. The van der Waals surface area contributed by atoms with Crippen LogP contribution < -0.4 is 10.6 Å². The van der Waals surface area contributed by atoms with Gasteiger partial charge in [0, 0.05) is 24.8 Å². The van der Waals surface area contributed by atoms with Gasteiger partial charge in [-0.05, 0) is 44.0 Å². The zero-order chi connectivity index (χ0) is 17.6. The first-order valence-corrected chi connectivity index (χ1v) is 8.58. The molecular weight excluding hydrogens is 318 g/mol. The van der Waals surface area contributed by atoms with Crippen LogP contribution >= 0.6 is 0 Å². The third-order valence-corrected chi connectivity index (χ3v) is 4.41. The van der Waals surface area contributed by atoms with E-state index in [2.05, 4.69) is 10.6 Å². The molecule has 0 unspecified atom stereocenters. The number of carbonyl (C=O) groups excluding carboxylic acids is 2. The van der Waals surface area contributed by atoms with Crippen molar-refractivity contribution in [3.8, 4) is 0 Å². The van der Waals surface area contributed by atoms with Crippen LogP contribution in [0.3, 0.4) is 0 Å². The highest BCUT2D eigenvalue weighted by Crippen LogP contribution is 2.17. The van der Waals surface area contributed by atoms with E-state index in [0.29, 0.717) is 19.1 Å². The number of benzene rings is 1. The standard InChI is InChI=1S/C19H23N3O3/c1-14(20-18(23)17-8-5-13-25-17)19(24)22-11-9-16(10-12-22)21-15-6-3-2-4-7-15/h2-8,13-14,16,21H,9-12H2,1H3,(H,20,23)/t14-/m0/s1. The van der Waals surface area contributed by atoms with Crippen LogP contribution in [0.2, 0.25) is 0 Å². The summed E-state index contributed by atoms with van der Waals surface area (Å²) in [7, 11) is 0. The molecule has 6 nitrogen and oxygen atoms in total. The number of furan rings is 1. The lowest BCUT2D eigenvalue weighted by Gasteiger charge is -2.34. The van der Waals surface area contributed by atoms with E-state index in [1.807, 2.05) is 35.2 Å². The number of anilines is 1. The van der Waals surface area contributed by atoms with Crippen molar-refractivity contribution in [3.63, 3.8) is 0 Å². The van der Waals surface area contributed by atoms with Crippen molar-refractivity contribution in [2.45, 2.75) is 31.8 Å². The third-order valence-electron chi connectivity index (χ3n) is 4.41. The molecule has 2 aromatic rings. The van der Waals surface area contributed by atoms with Crippen LogP contribution in [0.1, 0.15) is 30.3 Å². The van der Waals surface area contributed by atoms with Gasteiger partial charge in [-0.15, -0.1) is 0 Å². The lowest BCUT2D eigenvalue weighted by atomic mass is 10.0. The van der Waals surface area contributed by atoms with E-state index in [9.17, 15) is 9.59 Å². The molecule has 1 aromatic heterocycles. The molecular formula is C19H23N3O3. The summed E-state index contributed by atoms with van der Waals surface area (Å²) < 4.78 is 5.05. The summed E-state index contributed by atoms with van der Waals surface area (Å²) in [6, 6.07) is 13.1. The van der Waals surface area contributed by atoms with Gasteiger partial charge in [0.05, 0.1) is 6.26 Å². The van der Waals surface area contributed by atoms with Crippen LogP contribution in [0.15, 0.2) is 53.1 Å². The number of hydrogen-bond acceptors (Lipinski definition) is 4.